The van der Waals surface area contributed by atoms with E-state index in [4.69, 9.17) is 42.3 Å². The SMILES string of the molecule is C=CCOC(=O)N1[C@@H]2c3c(cc(OC(=O)C(F)(F)F)c(OC)c3OCOC)C[C@H]1[C@H](C#N)N1[C@@H](CO[Si](C)(C)C(C)(C)C)c3c(c(OCC=C)c(C)c4c3OCO4)C[C@@H]21. The molecule has 0 N–H and O–H groups in total. The van der Waals surface area contributed by atoms with Gasteiger partial charge in [0, 0.05) is 35.4 Å². The molecule has 0 saturated carbocycles. The molecule has 0 aliphatic carbocycles. The first kappa shape index (κ1) is 43.6. The van der Waals surface area contributed by atoms with Crippen LogP contribution in [0.15, 0.2) is 31.4 Å². The Morgan fingerprint density at radius 2 is 1.69 bits per heavy atom. The summed E-state index contributed by atoms with van der Waals surface area (Å²) in [5.41, 5.74) is 2.81. The maximum Gasteiger partial charge on any atom is 0.491 e. The van der Waals surface area contributed by atoms with Crippen molar-refractivity contribution in [2.75, 3.05) is 47.6 Å². The fraction of sp³-hybridized carbons (Fsp3) is 0.537. The van der Waals surface area contributed by atoms with Gasteiger partial charge in [-0.1, -0.05) is 46.1 Å². The third-order valence-corrected chi connectivity index (χ3v) is 16.3. The van der Waals surface area contributed by atoms with E-state index in [0.29, 0.717) is 33.9 Å². The van der Waals surface area contributed by atoms with Gasteiger partial charge in [0.1, 0.15) is 25.0 Å². The summed E-state index contributed by atoms with van der Waals surface area (Å²) in [5.74, 6) is -1.99. The highest BCUT2D eigenvalue weighted by Crippen LogP contribution is 2.60. The fourth-order valence-electron chi connectivity index (χ4n) is 8.26. The molecule has 2 aromatic carbocycles. The summed E-state index contributed by atoms with van der Waals surface area (Å²) in [4.78, 5) is 30.1. The smallest absolute Gasteiger partial charge is 0.490 e. The lowest BCUT2D eigenvalue weighted by Gasteiger charge is -2.60. The fourth-order valence-corrected chi connectivity index (χ4v) is 9.27. The van der Waals surface area contributed by atoms with Crippen molar-refractivity contribution < 1.29 is 65.1 Å². The maximum atomic E-state index is 14.4. The number of rotatable bonds is 13. The van der Waals surface area contributed by atoms with E-state index in [-0.39, 0.29) is 56.0 Å². The molecular weight excluding hydrogens is 796 g/mol. The van der Waals surface area contributed by atoms with E-state index in [1.807, 2.05) is 11.8 Å². The highest BCUT2D eigenvalue weighted by molar-refractivity contribution is 6.74. The van der Waals surface area contributed by atoms with Crippen LogP contribution in [-0.4, -0.2) is 102 Å². The Balaban J connectivity index is 1.67. The predicted molar refractivity (Wildman–Crippen MR) is 208 cm³/mol. The second-order valence-electron chi connectivity index (χ2n) is 16.1. The Kier molecular flexibility index (Phi) is 12.3. The number of methoxy groups -OCH3 is 2. The minimum atomic E-state index is -5.33. The summed E-state index contributed by atoms with van der Waals surface area (Å²) in [6.07, 6.45) is -3.01. The first-order valence-electron chi connectivity index (χ1n) is 19.1. The summed E-state index contributed by atoms with van der Waals surface area (Å²) in [6.45, 7) is 19.7. The number of benzene rings is 2. The lowest BCUT2D eigenvalue weighted by molar-refractivity contribution is -0.189. The summed E-state index contributed by atoms with van der Waals surface area (Å²) in [5, 5.41) is 11.1. The molecule has 1 amide bonds. The molecular formula is C41H50F3N3O11Si. The van der Waals surface area contributed by atoms with Crippen molar-refractivity contribution in [2.24, 2.45) is 0 Å². The van der Waals surface area contributed by atoms with Gasteiger partial charge in [-0.25, -0.2) is 9.59 Å². The minimum absolute atomic E-state index is 0.0444. The largest absolute Gasteiger partial charge is 0.491 e. The number of carbonyl (C=O) groups excluding carboxylic acids is 2. The molecule has 4 aliphatic rings. The van der Waals surface area contributed by atoms with Crippen LogP contribution in [-0.2, 0) is 31.5 Å². The summed E-state index contributed by atoms with van der Waals surface area (Å²) >= 11 is 0. The van der Waals surface area contributed by atoms with Gasteiger partial charge < -0.3 is 42.3 Å². The number of alkyl halides is 3. The van der Waals surface area contributed by atoms with Gasteiger partial charge >= 0.3 is 18.2 Å². The number of piperazine rings is 1. The van der Waals surface area contributed by atoms with Crippen LogP contribution in [0.3, 0.4) is 0 Å². The number of hydrogen-bond acceptors (Lipinski definition) is 13. The van der Waals surface area contributed by atoms with Crippen molar-refractivity contribution in [1.82, 2.24) is 9.80 Å². The molecule has 0 aromatic heterocycles. The number of fused-ring (bicyclic) bond motifs is 9. The van der Waals surface area contributed by atoms with Crippen molar-refractivity contribution in [3.63, 3.8) is 0 Å². The van der Waals surface area contributed by atoms with Gasteiger partial charge in [-0.15, -0.1) is 0 Å². The molecule has 1 fully saturated rings. The highest BCUT2D eigenvalue weighted by Gasteiger charge is 2.60. The van der Waals surface area contributed by atoms with Crippen molar-refractivity contribution in [2.45, 2.75) is 95.1 Å². The molecule has 18 heteroatoms. The Hall–Kier alpha value is -4.96. The zero-order valence-corrected chi connectivity index (χ0v) is 35.4. The second-order valence-corrected chi connectivity index (χ2v) is 20.9. The normalized spacial score (nSPS) is 21.9. The molecule has 320 valence electrons. The zero-order chi connectivity index (χ0) is 43.2. The molecule has 4 aliphatic heterocycles. The molecule has 5 atom stereocenters. The Bertz CT molecular complexity index is 2050. The van der Waals surface area contributed by atoms with Gasteiger partial charge in [-0.2, -0.15) is 18.4 Å². The van der Waals surface area contributed by atoms with E-state index in [1.165, 1.54) is 31.3 Å². The first-order valence-corrected chi connectivity index (χ1v) is 22.0. The van der Waals surface area contributed by atoms with Crippen LogP contribution >= 0.6 is 0 Å². The Labute approximate surface area is 342 Å². The Morgan fingerprint density at radius 1 is 1.00 bits per heavy atom. The lowest BCUT2D eigenvalue weighted by atomic mass is 9.71. The average molecular weight is 846 g/mol. The number of nitrogens with zero attached hydrogens (tertiary/aromatic N) is 3. The molecule has 14 nitrogen and oxygen atoms in total. The van der Waals surface area contributed by atoms with E-state index in [1.54, 1.807) is 6.08 Å². The molecule has 6 rings (SSSR count). The van der Waals surface area contributed by atoms with Gasteiger partial charge in [0.15, 0.2) is 38.1 Å². The average Bonchev–Trinajstić information content (AvgIpc) is 3.67. The number of halogens is 3. The standard InChI is InChI=1S/C41H50F3N3O11Si/c1-11-13-52-33-22(3)34-37(56-21-55-34)31-24(33)17-26-32-30-23(16-29(58-38(48)41(42,43)44)35(51-8)36(30)54-20-50-7)15-25(47(32)39(49)53-14-12-2)27(18-45)46(26)28(31)19-57-59(9,10)40(4,5)6/h11-12,16,25-28,32H,1-2,13-15,17,19-21H2,3-10H3/t25-,26-,27-,28-,32-/m0/s1. The van der Waals surface area contributed by atoms with Crippen molar-refractivity contribution >= 4 is 20.4 Å². The number of ether oxygens (including phenoxy) is 8. The highest BCUT2D eigenvalue weighted by atomic mass is 28.4. The molecule has 1 saturated heterocycles. The van der Waals surface area contributed by atoms with E-state index in [9.17, 15) is 28.0 Å². The van der Waals surface area contributed by atoms with Crippen LogP contribution in [0.1, 0.15) is 60.7 Å². The number of esters is 1. The number of carbonyl (C=O) groups is 2. The van der Waals surface area contributed by atoms with Crippen LogP contribution in [0.25, 0.3) is 0 Å². The summed E-state index contributed by atoms with van der Waals surface area (Å²) in [6, 6.07) is -0.715. The third-order valence-electron chi connectivity index (χ3n) is 11.8. The Morgan fingerprint density at radius 3 is 2.31 bits per heavy atom. The van der Waals surface area contributed by atoms with Gasteiger partial charge in [-0.3, -0.25) is 9.80 Å². The van der Waals surface area contributed by atoms with Crippen molar-refractivity contribution in [3.8, 4) is 40.6 Å². The molecule has 2 aromatic rings. The second kappa shape index (κ2) is 16.6. The van der Waals surface area contributed by atoms with Crippen LogP contribution in [0.4, 0.5) is 18.0 Å². The summed E-state index contributed by atoms with van der Waals surface area (Å²) < 4.78 is 94.0. The predicted octanol–water partition coefficient (Wildman–Crippen LogP) is 7.23. The number of hydrogen-bond donors (Lipinski definition) is 0. The number of amides is 1. The van der Waals surface area contributed by atoms with E-state index in [0.717, 1.165) is 11.1 Å². The topological polar surface area (TPSA) is 147 Å². The van der Waals surface area contributed by atoms with Crippen molar-refractivity contribution in [1.29, 1.82) is 5.26 Å². The van der Waals surface area contributed by atoms with Gasteiger partial charge in [0.25, 0.3) is 0 Å². The molecule has 59 heavy (non-hydrogen) atoms. The quantitative estimate of drug-likeness (QED) is 0.0657. The molecule has 0 unspecified atom stereocenters. The molecule has 0 radical (unpaired) electrons. The van der Waals surface area contributed by atoms with Crippen molar-refractivity contribution in [3.05, 3.63) is 59.2 Å². The molecule has 4 heterocycles. The zero-order valence-electron chi connectivity index (χ0n) is 34.4. The van der Waals surface area contributed by atoms with Gasteiger partial charge in [-0.05, 0) is 49.5 Å². The van der Waals surface area contributed by atoms with E-state index >= 15 is 0 Å². The third kappa shape index (κ3) is 7.69. The van der Waals surface area contributed by atoms with Crippen LogP contribution in [0.2, 0.25) is 18.1 Å². The number of nitriles is 1. The van der Waals surface area contributed by atoms with Gasteiger partial charge in [0.2, 0.25) is 12.5 Å². The monoisotopic (exact) mass is 845 g/mol. The minimum Gasteiger partial charge on any atom is -0.490 e. The molecule has 2 bridgehead atoms. The maximum absolute atomic E-state index is 14.4. The molecule has 0 spiro atoms. The van der Waals surface area contributed by atoms with E-state index < -0.39 is 69.3 Å². The van der Waals surface area contributed by atoms with Crippen LogP contribution in [0.5, 0.6) is 34.5 Å². The van der Waals surface area contributed by atoms with Crippen LogP contribution in [0, 0.1) is 18.3 Å². The van der Waals surface area contributed by atoms with E-state index in [2.05, 4.69) is 53.1 Å². The van der Waals surface area contributed by atoms with Gasteiger partial charge in [0.05, 0.1) is 37.9 Å². The lowest BCUT2D eigenvalue weighted by Crippen LogP contribution is -2.70. The summed E-state index contributed by atoms with van der Waals surface area (Å²) in [7, 11) is 0.0741. The van der Waals surface area contributed by atoms with Crippen LogP contribution < -0.4 is 28.4 Å². The first-order chi connectivity index (χ1) is 27.9.